The molecule has 3 aromatic rings. The molecule has 0 N–H and O–H groups in total. The second-order valence-electron chi connectivity index (χ2n) is 8.56. The Morgan fingerprint density at radius 3 is 1.43 bits per heavy atom. The summed E-state index contributed by atoms with van der Waals surface area (Å²) in [6.07, 6.45) is 0. The fraction of sp³-hybridized carbons (Fsp3) is 0.481. The summed E-state index contributed by atoms with van der Waals surface area (Å²) >= 11 is 0. The zero-order valence-electron chi connectivity index (χ0n) is 22.0. The Hall–Kier alpha value is -3.50. The summed E-state index contributed by atoms with van der Waals surface area (Å²) in [6.45, 7) is 14.3. The first kappa shape index (κ1) is 28.1. The second-order valence-corrected chi connectivity index (χ2v) is 8.56. The monoisotopic (exact) mass is 514 g/mol. The van der Waals surface area contributed by atoms with Gasteiger partial charge in [-0.15, -0.1) is 0 Å². The molecular formula is C27H34N2O8. The SMILES string of the molecule is CCN(CC)CCOC(=O)c1cc2cc3cc(C(=O)OCCN(CC)CC)c(=O)oc3c(C)c2oc1=O. The van der Waals surface area contributed by atoms with Crippen molar-refractivity contribution >= 4 is 33.9 Å². The molecule has 10 heteroatoms. The van der Waals surface area contributed by atoms with Gasteiger partial charge in [0.05, 0.1) is 0 Å². The van der Waals surface area contributed by atoms with E-state index in [0.717, 1.165) is 26.2 Å². The van der Waals surface area contributed by atoms with Crippen molar-refractivity contribution in [3.05, 3.63) is 55.7 Å². The highest BCUT2D eigenvalue weighted by molar-refractivity contribution is 6.01. The minimum Gasteiger partial charge on any atom is -0.461 e. The highest BCUT2D eigenvalue weighted by atomic mass is 16.5. The van der Waals surface area contributed by atoms with Gasteiger partial charge in [0.25, 0.3) is 0 Å². The van der Waals surface area contributed by atoms with E-state index >= 15 is 0 Å². The molecule has 10 nitrogen and oxygen atoms in total. The first-order chi connectivity index (χ1) is 17.7. The van der Waals surface area contributed by atoms with Gasteiger partial charge >= 0.3 is 23.2 Å². The quantitative estimate of drug-likeness (QED) is 0.202. The van der Waals surface area contributed by atoms with Crippen LogP contribution >= 0.6 is 0 Å². The van der Waals surface area contributed by atoms with Crippen LogP contribution in [0.1, 0.15) is 54.0 Å². The van der Waals surface area contributed by atoms with Gasteiger partial charge in [-0.1, -0.05) is 27.7 Å². The van der Waals surface area contributed by atoms with Crippen molar-refractivity contribution in [3.63, 3.8) is 0 Å². The molecule has 2 heterocycles. The summed E-state index contributed by atoms with van der Waals surface area (Å²) in [6, 6.07) is 4.37. The number of hydrogen-bond donors (Lipinski definition) is 0. The molecule has 0 radical (unpaired) electrons. The van der Waals surface area contributed by atoms with Crippen LogP contribution in [0.25, 0.3) is 21.9 Å². The summed E-state index contributed by atoms with van der Waals surface area (Å²) in [5, 5.41) is 0.852. The zero-order valence-corrected chi connectivity index (χ0v) is 22.0. The Bertz CT molecular complexity index is 1280. The molecule has 0 aliphatic rings. The van der Waals surface area contributed by atoms with E-state index in [2.05, 4.69) is 9.80 Å². The maximum atomic E-state index is 12.6. The van der Waals surface area contributed by atoms with Crippen LogP contribution < -0.4 is 11.3 Å². The number of esters is 2. The smallest absolute Gasteiger partial charge is 0.351 e. The molecule has 0 bridgehead atoms. The Kier molecular flexibility index (Phi) is 9.60. The first-order valence-corrected chi connectivity index (χ1v) is 12.6. The summed E-state index contributed by atoms with van der Waals surface area (Å²) < 4.78 is 21.4. The average molecular weight is 515 g/mol. The number of benzene rings is 1. The van der Waals surface area contributed by atoms with Crippen LogP contribution in [0.15, 0.2) is 36.6 Å². The molecule has 2 aromatic heterocycles. The van der Waals surface area contributed by atoms with E-state index in [1.807, 2.05) is 27.7 Å². The van der Waals surface area contributed by atoms with Crippen molar-refractivity contribution in [2.45, 2.75) is 34.6 Å². The molecule has 0 saturated carbocycles. The number of aryl methyl sites for hydroxylation is 1. The fourth-order valence-electron chi connectivity index (χ4n) is 4.10. The number of carbonyl (C=O) groups is 2. The molecule has 0 unspecified atom stereocenters. The zero-order chi connectivity index (χ0) is 27.1. The number of hydrogen-bond acceptors (Lipinski definition) is 10. The minimum absolute atomic E-state index is 0.139. The molecule has 0 aliphatic carbocycles. The fourth-order valence-corrected chi connectivity index (χ4v) is 4.10. The van der Waals surface area contributed by atoms with Crippen molar-refractivity contribution in [2.24, 2.45) is 0 Å². The van der Waals surface area contributed by atoms with Gasteiger partial charge < -0.3 is 28.1 Å². The van der Waals surface area contributed by atoms with E-state index in [1.165, 1.54) is 12.1 Å². The molecule has 0 atom stereocenters. The number of likely N-dealkylation sites (N-methyl/N-ethyl adjacent to an activating group) is 2. The third-order valence-corrected chi connectivity index (χ3v) is 6.46. The van der Waals surface area contributed by atoms with Gasteiger partial charge in [-0.3, -0.25) is 0 Å². The van der Waals surface area contributed by atoms with E-state index < -0.39 is 23.2 Å². The predicted octanol–water partition coefficient (Wildman–Crippen LogP) is 3.21. The molecule has 0 saturated heterocycles. The molecule has 0 fully saturated rings. The maximum Gasteiger partial charge on any atom is 0.351 e. The van der Waals surface area contributed by atoms with Crippen molar-refractivity contribution in [2.75, 3.05) is 52.5 Å². The highest BCUT2D eigenvalue weighted by Gasteiger charge is 2.21. The third kappa shape index (κ3) is 6.44. The Labute approximate surface area is 214 Å². The molecule has 0 amide bonds. The third-order valence-electron chi connectivity index (χ3n) is 6.46. The molecule has 3 rings (SSSR count). The largest absolute Gasteiger partial charge is 0.461 e. The minimum atomic E-state index is -0.849. The van der Waals surface area contributed by atoms with Gasteiger partial charge in [0.1, 0.15) is 35.5 Å². The molecule has 200 valence electrons. The van der Waals surface area contributed by atoms with Crippen molar-refractivity contribution in [3.8, 4) is 0 Å². The summed E-state index contributed by atoms with van der Waals surface area (Å²) in [5.74, 6) is -1.56. The van der Waals surface area contributed by atoms with Gasteiger partial charge in [0.15, 0.2) is 0 Å². The normalized spacial score (nSPS) is 11.5. The lowest BCUT2D eigenvalue weighted by molar-refractivity contribution is 0.0453. The van der Waals surface area contributed by atoms with Gasteiger partial charge in [-0.05, 0) is 51.3 Å². The average Bonchev–Trinajstić information content (AvgIpc) is 2.89. The summed E-state index contributed by atoms with van der Waals surface area (Å²) in [7, 11) is 0. The van der Waals surface area contributed by atoms with Crippen molar-refractivity contribution in [1.82, 2.24) is 9.80 Å². The number of carbonyl (C=O) groups excluding carboxylic acids is 2. The lowest BCUT2D eigenvalue weighted by Gasteiger charge is -2.17. The maximum absolute atomic E-state index is 12.6. The number of nitrogens with zero attached hydrogens (tertiary/aromatic N) is 2. The topological polar surface area (TPSA) is 120 Å². The number of ether oxygens (including phenoxy) is 2. The molecule has 37 heavy (non-hydrogen) atoms. The Morgan fingerprint density at radius 1 is 0.703 bits per heavy atom. The number of rotatable bonds is 12. The van der Waals surface area contributed by atoms with E-state index in [9.17, 15) is 19.2 Å². The van der Waals surface area contributed by atoms with Crippen LogP contribution in [0.2, 0.25) is 0 Å². The van der Waals surface area contributed by atoms with Gasteiger partial charge in [0, 0.05) is 29.4 Å². The molecule has 1 aromatic carbocycles. The highest BCUT2D eigenvalue weighted by Crippen LogP contribution is 2.27. The van der Waals surface area contributed by atoms with E-state index in [0.29, 0.717) is 29.4 Å². The lowest BCUT2D eigenvalue weighted by Crippen LogP contribution is -2.28. The van der Waals surface area contributed by atoms with Gasteiger partial charge in [0.2, 0.25) is 0 Å². The van der Waals surface area contributed by atoms with Crippen LogP contribution in [-0.4, -0.2) is 74.2 Å². The summed E-state index contributed by atoms with van der Waals surface area (Å²) in [4.78, 5) is 54.4. The van der Waals surface area contributed by atoms with E-state index in [1.54, 1.807) is 13.0 Å². The van der Waals surface area contributed by atoms with Crippen LogP contribution in [0.4, 0.5) is 0 Å². The second kappa shape index (κ2) is 12.6. The Balaban J connectivity index is 1.90. The molecule has 0 spiro atoms. The summed E-state index contributed by atoms with van der Waals surface area (Å²) in [5.41, 5.74) is -1.43. The van der Waals surface area contributed by atoms with Crippen LogP contribution in [0.3, 0.4) is 0 Å². The van der Waals surface area contributed by atoms with Crippen LogP contribution in [0.5, 0.6) is 0 Å². The standard InChI is InChI=1S/C27H34N2O8/c1-6-28(7-2)10-12-34-24(30)20-15-18-14-19-16-21(25(31)35-13-11-29(8-3)9-4)27(33)37-23(19)17(5)22(18)36-26(20)32/h14-16H,6-13H2,1-5H3. The first-order valence-electron chi connectivity index (χ1n) is 12.6. The van der Waals surface area contributed by atoms with Gasteiger partial charge in [-0.2, -0.15) is 0 Å². The van der Waals surface area contributed by atoms with Crippen LogP contribution in [-0.2, 0) is 9.47 Å². The number of fused-ring (bicyclic) bond motifs is 2. The predicted molar refractivity (Wildman–Crippen MR) is 139 cm³/mol. The van der Waals surface area contributed by atoms with Gasteiger partial charge in [-0.25, -0.2) is 19.2 Å². The van der Waals surface area contributed by atoms with E-state index in [-0.39, 0.29) is 35.5 Å². The van der Waals surface area contributed by atoms with Crippen molar-refractivity contribution in [1.29, 1.82) is 0 Å². The molecule has 0 aliphatic heterocycles. The lowest BCUT2D eigenvalue weighted by atomic mass is 10.0. The Morgan fingerprint density at radius 2 is 1.08 bits per heavy atom. The van der Waals surface area contributed by atoms with E-state index in [4.69, 9.17) is 18.3 Å². The van der Waals surface area contributed by atoms with Crippen LogP contribution in [0, 0.1) is 6.92 Å². The molecular weight excluding hydrogens is 480 g/mol. The van der Waals surface area contributed by atoms with Crippen molar-refractivity contribution < 1.29 is 27.9 Å².